The lowest BCUT2D eigenvalue weighted by Gasteiger charge is -2.36. The molecule has 1 aliphatic heterocycles. The van der Waals surface area contributed by atoms with Gasteiger partial charge in [0.2, 0.25) is 0 Å². The number of hydrogen-bond donors (Lipinski definition) is 1. The number of pyridine rings is 1. The minimum Gasteiger partial charge on any atom is -0.365 e. The number of aromatic nitrogens is 3. The maximum atomic E-state index is 14.3. The molecule has 0 bridgehead atoms. The van der Waals surface area contributed by atoms with Crippen molar-refractivity contribution in [3.8, 4) is 0 Å². The first-order valence-corrected chi connectivity index (χ1v) is 8.59. The van der Waals surface area contributed by atoms with Gasteiger partial charge in [0.1, 0.15) is 6.33 Å². The number of likely N-dealkylation sites (tertiary alicyclic amines) is 1. The highest BCUT2D eigenvalue weighted by molar-refractivity contribution is 5.38. The van der Waals surface area contributed by atoms with Crippen LogP contribution in [0.2, 0.25) is 0 Å². The number of nitrogens with zero attached hydrogens (tertiary/aromatic N) is 4. The molecule has 1 unspecified atom stereocenters. The summed E-state index contributed by atoms with van der Waals surface area (Å²) < 4.78 is 14.3. The van der Waals surface area contributed by atoms with E-state index in [2.05, 4.69) is 44.2 Å². The predicted molar refractivity (Wildman–Crippen MR) is 92.2 cm³/mol. The van der Waals surface area contributed by atoms with Crippen LogP contribution in [0, 0.1) is 5.82 Å². The van der Waals surface area contributed by atoms with Crippen LogP contribution in [0.1, 0.15) is 44.0 Å². The Morgan fingerprint density at radius 3 is 2.62 bits per heavy atom. The van der Waals surface area contributed by atoms with Gasteiger partial charge in [0.05, 0.1) is 5.69 Å². The van der Waals surface area contributed by atoms with Crippen LogP contribution in [0.25, 0.3) is 0 Å². The van der Waals surface area contributed by atoms with Gasteiger partial charge in [-0.05, 0) is 43.9 Å². The van der Waals surface area contributed by atoms with Crippen molar-refractivity contribution < 1.29 is 4.39 Å². The lowest BCUT2D eigenvalue weighted by molar-refractivity contribution is 0.167. The van der Waals surface area contributed by atoms with Crippen LogP contribution in [0.5, 0.6) is 0 Å². The van der Waals surface area contributed by atoms with Gasteiger partial charge in [0, 0.05) is 37.6 Å². The van der Waals surface area contributed by atoms with Crippen molar-refractivity contribution in [1.82, 2.24) is 19.9 Å². The molecule has 2 aromatic rings. The van der Waals surface area contributed by atoms with E-state index in [1.807, 2.05) is 19.3 Å². The molecule has 0 radical (unpaired) electrons. The highest BCUT2D eigenvalue weighted by Gasteiger charge is 2.24. The summed E-state index contributed by atoms with van der Waals surface area (Å²) in [6.07, 6.45) is 7.63. The summed E-state index contributed by atoms with van der Waals surface area (Å²) in [6, 6.07) is 4.76. The number of rotatable bonds is 5. The van der Waals surface area contributed by atoms with Gasteiger partial charge in [0.15, 0.2) is 11.6 Å². The van der Waals surface area contributed by atoms with Crippen molar-refractivity contribution in [2.45, 2.75) is 45.2 Å². The molecule has 1 saturated heterocycles. The maximum Gasteiger partial charge on any atom is 0.186 e. The van der Waals surface area contributed by atoms with Crippen LogP contribution in [0.3, 0.4) is 0 Å². The molecule has 0 aromatic carbocycles. The Hall–Kier alpha value is -2.08. The summed E-state index contributed by atoms with van der Waals surface area (Å²) in [5.41, 5.74) is 1.75. The maximum absolute atomic E-state index is 14.3. The number of piperidine rings is 1. The number of anilines is 1. The molecule has 128 valence electrons. The van der Waals surface area contributed by atoms with E-state index in [0.29, 0.717) is 24.0 Å². The van der Waals surface area contributed by atoms with Crippen molar-refractivity contribution in [2.75, 3.05) is 18.4 Å². The van der Waals surface area contributed by atoms with E-state index in [-0.39, 0.29) is 11.9 Å². The van der Waals surface area contributed by atoms with Crippen molar-refractivity contribution in [2.24, 2.45) is 0 Å². The molecular formula is C18H24FN5. The summed E-state index contributed by atoms with van der Waals surface area (Å²) >= 11 is 0. The molecule has 2 aromatic heterocycles. The predicted octanol–water partition coefficient (Wildman–Crippen LogP) is 3.21. The van der Waals surface area contributed by atoms with Gasteiger partial charge in [-0.3, -0.25) is 9.88 Å². The minimum absolute atomic E-state index is 0.250. The molecule has 24 heavy (non-hydrogen) atoms. The van der Waals surface area contributed by atoms with Crippen LogP contribution in [-0.2, 0) is 6.42 Å². The molecule has 1 aliphatic rings. The average molecular weight is 329 g/mol. The first kappa shape index (κ1) is 16.8. The van der Waals surface area contributed by atoms with Crippen molar-refractivity contribution in [1.29, 1.82) is 0 Å². The number of hydrogen-bond acceptors (Lipinski definition) is 5. The van der Waals surface area contributed by atoms with E-state index >= 15 is 0 Å². The number of aryl methyl sites for hydroxylation is 1. The zero-order valence-electron chi connectivity index (χ0n) is 14.2. The molecule has 1 fully saturated rings. The van der Waals surface area contributed by atoms with Gasteiger partial charge < -0.3 is 5.32 Å². The third-order valence-corrected chi connectivity index (χ3v) is 4.80. The van der Waals surface area contributed by atoms with Crippen molar-refractivity contribution >= 4 is 5.82 Å². The molecule has 3 heterocycles. The van der Waals surface area contributed by atoms with E-state index in [9.17, 15) is 4.39 Å². The summed E-state index contributed by atoms with van der Waals surface area (Å²) in [5, 5.41) is 3.26. The van der Waals surface area contributed by atoms with Gasteiger partial charge in [0.25, 0.3) is 0 Å². The monoisotopic (exact) mass is 329 g/mol. The Labute approximate surface area is 142 Å². The highest BCUT2D eigenvalue weighted by Crippen LogP contribution is 2.25. The second-order valence-electron chi connectivity index (χ2n) is 6.25. The lowest BCUT2D eigenvalue weighted by Crippen LogP contribution is -2.40. The summed E-state index contributed by atoms with van der Waals surface area (Å²) in [7, 11) is 0. The van der Waals surface area contributed by atoms with Gasteiger partial charge in [-0.15, -0.1) is 0 Å². The molecule has 0 spiro atoms. The summed E-state index contributed by atoms with van der Waals surface area (Å²) in [6.45, 7) is 6.08. The van der Waals surface area contributed by atoms with E-state index in [1.165, 1.54) is 11.9 Å². The second kappa shape index (κ2) is 7.66. The third-order valence-electron chi connectivity index (χ3n) is 4.80. The quantitative estimate of drug-likeness (QED) is 0.913. The Balaban J connectivity index is 1.58. The van der Waals surface area contributed by atoms with Crippen LogP contribution in [0.4, 0.5) is 10.2 Å². The average Bonchev–Trinajstić information content (AvgIpc) is 2.64. The highest BCUT2D eigenvalue weighted by atomic mass is 19.1. The molecule has 0 aliphatic carbocycles. The van der Waals surface area contributed by atoms with Gasteiger partial charge in [-0.1, -0.05) is 6.92 Å². The molecule has 0 amide bonds. The third kappa shape index (κ3) is 3.70. The van der Waals surface area contributed by atoms with E-state index in [0.717, 1.165) is 25.9 Å². The smallest absolute Gasteiger partial charge is 0.186 e. The van der Waals surface area contributed by atoms with Crippen LogP contribution in [0.15, 0.2) is 30.9 Å². The first-order valence-electron chi connectivity index (χ1n) is 8.59. The topological polar surface area (TPSA) is 53.9 Å². The van der Waals surface area contributed by atoms with Crippen molar-refractivity contribution in [3.05, 3.63) is 47.9 Å². The van der Waals surface area contributed by atoms with Gasteiger partial charge in [-0.25, -0.2) is 14.4 Å². The van der Waals surface area contributed by atoms with Gasteiger partial charge >= 0.3 is 0 Å². The number of nitrogens with one attached hydrogen (secondary N) is 1. The molecule has 5 nitrogen and oxygen atoms in total. The molecule has 1 N–H and O–H groups in total. The minimum atomic E-state index is -0.312. The molecule has 3 rings (SSSR count). The molecular weight excluding hydrogens is 305 g/mol. The van der Waals surface area contributed by atoms with Crippen LogP contribution >= 0.6 is 0 Å². The molecule has 0 saturated carbocycles. The Morgan fingerprint density at radius 1 is 1.25 bits per heavy atom. The summed E-state index contributed by atoms with van der Waals surface area (Å²) in [4.78, 5) is 14.6. The fraction of sp³-hybridized carbons (Fsp3) is 0.500. The fourth-order valence-corrected chi connectivity index (χ4v) is 3.23. The number of halogens is 1. The van der Waals surface area contributed by atoms with E-state index in [4.69, 9.17) is 0 Å². The van der Waals surface area contributed by atoms with Crippen LogP contribution < -0.4 is 5.32 Å². The Morgan fingerprint density at radius 2 is 1.96 bits per heavy atom. The van der Waals surface area contributed by atoms with Gasteiger partial charge in [-0.2, -0.15) is 0 Å². The van der Waals surface area contributed by atoms with Crippen molar-refractivity contribution in [3.63, 3.8) is 0 Å². The fourth-order valence-electron chi connectivity index (χ4n) is 3.23. The SMILES string of the molecule is CCc1ncnc(NC2CCN(C(C)c3ccncc3)CC2)c1F. The van der Waals surface area contributed by atoms with E-state index < -0.39 is 0 Å². The Bertz CT molecular complexity index is 656. The molecule has 1 atom stereocenters. The normalized spacial score (nSPS) is 17.6. The standard InChI is InChI=1S/C18H24FN5/c1-3-16-17(19)18(22-12-21-16)23-15-6-10-24(11-7-15)13(2)14-4-8-20-9-5-14/h4-5,8-9,12-13,15H,3,6-7,10-11H2,1-2H3,(H,21,22,23). The molecule has 6 heteroatoms. The Kier molecular flexibility index (Phi) is 5.35. The lowest BCUT2D eigenvalue weighted by atomic mass is 10.0. The zero-order chi connectivity index (χ0) is 16.9. The van der Waals surface area contributed by atoms with Crippen LogP contribution in [-0.4, -0.2) is 39.0 Å². The summed E-state index contributed by atoms with van der Waals surface area (Å²) in [5.74, 6) is 0.0232. The van der Waals surface area contributed by atoms with E-state index in [1.54, 1.807) is 0 Å². The zero-order valence-corrected chi connectivity index (χ0v) is 14.2. The second-order valence-corrected chi connectivity index (χ2v) is 6.25. The largest absolute Gasteiger partial charge is 0.365 e. The first-order chi connectivity index (χ1) is 11.7.